The maximum Gasteiger partial charge on any atom is 0.334 e. The normalized spacial score (nSPS) is 28.1. The van der Waals surface area contributed by atoms with Gasteiger partial charge in [0.05, 0.1) is 17.8 Å². The van der Waals surface area contributed by atoms with E-state index in [2.05, 4.69) is 11.4 Å². The lowest BCUT2D eigenvalue weighted by Crippen LogP contribution is -2.72. The van der Waals surface area contributed by atoms with E-state index < -0.39 is 107 Å². The highest BCUT2D eigenvalue weighted by Crippen LogP contribution is 2.69. The molecule has 2 saturated heterocycles. The highest BCUT2D eigenvalue weighted by atomic mass is 16.7. The van der Waals surface area contributed by atoms with Gasteiger partial charge in [-0.3, -0.25) is 14.4 Å². The van der Waals surface area contributed by atoms with Gasteiger partial charge >= 0.3 is 11.9 Å². The summed E-state index contributed by atoms with van der Waals surface area (Å²) < 4.78 is 45.6. The van der Waals surface area contributed by atoms with Crippen LogP contribution in [0.1, 0.15) is 137 Å². The first kappa shape index (κ1) is 59.6. The first-order valence-corrected chi connectivity index (χ1v) is 28.6. The number of Topliss-reactive ketones (excluding diaryl/α,β-unsaturated/α-hetero) is 2. The number of nitrogens with one attached hydrogen (secondary N) is 1. The Balaban J connectivity index is 1.01. The van der Waals surface area contributed by atoms with Crippen molar-refractivity contribution in [2.45, 2.75) is 160 Å². The molecule has 3 fully saturated rings. The van der Waals surface area contributed by atoms with Crippen LogP contribution in [-0.4, -0.2) is 116 Å². The number of ether oxygens (including phenoxy) is 7. The zero-order valence-corrected chi connectivity index (χ0v) is 48.7. The van der Waals surface area contributed by atoms with E-state index in [-0.39, 0.29) is 58.1 Å². The van der Waals surface area contributed by atoms with Gasteiger partial charge < -0.3 is 58.9 Å². The summed E-state index contributed by atoms with van der Waals surface area (Å²) in [5, 5.41) is 43.2. The summed E-state index contributed by atoms with van der Waals surface area (Å²) in [5.74, 6) is -4.10. The highest BCUT2D eigenvalue weighted by molar-refractivity contribution is 6.19. The number of amides is 1. The summed E-state index contributed by atoms with van der Waals surface area (Å²) in [6.45, 7) is 16.1. The van der Waals surface area contributed by atoms with Crippen LogP contribution < -0.4 is 24.3 Å². The third-order valence-corrected chi connectivity index (χ3v) is 17.0. The molecule has 442 valence electrons. The van der Waals surface area contributed by atoms with E-state index in [9.17, 15) is 34.8 Å². The van der Waals surface area contributed by atoms with Gasteiger partial charge in [-0.05, 0) is 136 Å². The van der Waals surface area contributed by atoms with Crippen LogP contribution in [0.3, 0.4) is 0 Å². The molecule has 4 bridgehead atoms. The van der Waals surface area contributed by atoms with Crippen molar-refractivity contribution < 1.29 is 77.6 Å². The molecule has 84 heavy (non-hydrogen) atoms. The van der Waals surface area contributed by atoms with E-state index in [1.165, 1.54) is 31.2 Å². The number of aliphatic hydroxyl groups is 4. The second kappa shape index (κ2) is 23.2. The molecule has 11 atom stereocenters. The Labute approximate surface area is 488 Å². The summed E-state index contributed by atoms with van der Waals surface area (Å²) in [4.78, 5) is 74.2. The summed E-state index contributed by atoms with van der Waals surface area (Å²) in [6.07, 6.45) is 4.35. The van der Waals surface area contributed by atoms with Gasteiger partial charge in [0.15, 0.2) is 34.6 Å². The number of carbonyl (C=O) groups is 5. The van der Waals surface area contributed by atoms with Crippen LogP contribution in [0.2, 0.25) is 0 Å². The predicted octanol–water partition coefficient (Wildman–Crippen LogP) is 8.68. The van der Waals surface area contributed by atoms with E-state index in [0.717, 1.165) is 22.3 Å². The zero-order valence-electron chi connectivity index (χ0n) is 48.7. The largest absolute Gasteiger partial charge is 0.482 e. The van der Waals surface area contributed by atoms with E-state index in [1.54, 1.807) is 25.2 Å². The van der Waals surface area contributed by atoms with E-state index in [4.69, 9.17) is 33.2 Å². The Kier molecular flexibility index (Phi) is 16.4. The zero-order chi connectivity index (χ0) is 60.2. The van der Waals surface area contributed by atoms with Gasteiger partial charge in [-0.15, -0.1) is 0 Å². The number of ketones is 2. The average molecular weight is 1150 g/mol. The standard InChI is InChI=1S/C67H73NO16/c1-36(2)17-16-30-65(9)31-29-46-56(82-65)45(27-22-37(3)4)58-50(57(46)81-62(77)39(6)68-60(75)42-23-25-44(26-24-42)78-63-54(73)53(72)52(71)48(35-69)79-63)51(70)47-33-43-34-49-64(7,8)84-66(59(43)74,67(47,49)83-58)32-28-38(5)61(76)80-55(40-18-12-10-13-19-40)41-20-14-11-15-21-41/h10-15,17-26,28-29,31,33,39,43,48-49,52-55,63,69,71-73H,16,27,30,32,34-35H2,1-9H3,(H,68,75)/b38-28-/t39?,43?,48-,49?,52-,53+,54-,63-,65?,66?,67?/m1/s1. The molecule has 17 nitrogen and oxygen atoms in total. The lowest BCUT2D eigenvalue weighted by Gasteiger charge is -2.56. The molecule has 5 N–H and O–H groups in total. The SMILES string of the molecule is CC(C)=CCCC1(C)C=Cc2c(c(CC=C(C)C)c3c(c2OC(=O)C(C)NC(=O)c2ccc(O[C@@H]4O[C@H](CO)[C@@H](O)[C@H](O)[C@H]4O)cc2)C(=O)C2=CC4CC5C(C)(C)OC(C/C=C(/C)C(=O)OC(c6ccccc6)c6ccccc6)(C4=O)C25O3)O1. The molecular weight excluding hydrogens is 1070 g/mol. The molecule has 0 radical (unpaired) electrons. The van der Waals surface area contributed by atoms with Gasteiger partial charge in [0.1, 0.15) is 58.9 Å². The van der Waals surface area contributed by atoms with Crippen molar-refractivity contribution in [1.29, 1.82) is 0 Å². The van der Waals surface area contributed by atoms with Gasteiger partial charge in [0.25, 0.3) is 5.91 Å². The minimum absolute atomic E-state index is 0.0540. The van der Waals surface area contributed by atoms with Crippen molar-refractivity contribution in [3.8, 4) is 23.0 Å². The third kappa shape index (κ3) is 10.7. The molecule has 1 amide bonds. The molecule has 17 heteroatoms. The van der Waals surface area contributed by atoms with Crippen LogP contribution in [0.25, 0.3) is 6.08 Å². The lowest BCUT2D eigenvalue weighted by atomic mass is 9.51. The molecular formula is C67H73NO16. The summed E-state index contributed by atoms with van der Waals surface area (Å²) in [7, 11) is 0. The summed E-state index contributed by atoms with van der Waals surface area (Å²) in [6, 6.07) is 23.1. The maximum atomic E-state index is 16.1. The molecule has 6 unspecified atom stereocenters. The number of allylic oxidation sites excluding steroid dienone is 5. The van der Waals surface area contributed by atoms with Crippen LogP contribution in [0.4, 0.5) is 0 Å². The molecule has 4 heterocycles. The van der Waals surface area contributed by atoms with E-state index in [1.807, 2.05) is 121 Å². The number of fused-ring (bicyclic) bond motifs is 2. The topological polar surface area (TPSA) is 243 Å². The van der Waals surface area contributed by atoms with E-state index >= 15 is 9.59 Å². The minimum atomic E-state index is -1.83. The number of hydrogen-bond acceptors (Lipinski definition) is 16. The molecule has 3 aliphatic carbocycles. The smallest absolute Gasteiger partial charge is 0.334 e. The summed E-state index contributed by atoms with van der Waals surface area (Å²) in [5.41, 5.74) is -0.696. The van der Waals surface area contributed by atoms with Crippen molar-refractivity contribution in [2.24, 2.45) is 11.8 Å². The number of rotatable bonds is 18. The van der Waals surface area contributed by atoms with Crippen LogP contribution in [0, 0.1) is 11.8 Å². The quantitative estimate of drug-likeness (QED) is 0.0271. The van der Waals surface area contributed by atoms with Crippen molar-refractivity contribution in [1.82, 2.24) is 5.32 Å². The number of aliphatic hydroxyl groups excluding tert-OH is 4. The van der Waals surface area contributed by atoms with Gasteiger partial charge in [-0.1, -0.05) is 96.1 Å². The number of esters is 2. The number of carbonyl (C=O) groups excluding carboxylic acids is 5. The monoisotopic (exact) mass is 1150 g/mol. The fraction of sp³-hybridized carbons (Fsp3) is 0.418. The van der Waals surface area contributed by atoms with Crippen molar-refractivity contribution in [3.63, 3.8) is 0 Å². The lowest BCUT2D eigenvalue weighted by molar-refractivity contribution is -0.277. The first-order chi connectivity index (χ1) is 39.9. The Morgan fingerprint density at radius 1 is 0.810 bits per heavy atom. The Morgan fingerprint density at radius 2 is 1.46 bits per heavy atom. The maximum absolute atomic E-state index is 16.1. The minimum Gasteiger partial charge on any atom is -0.482 e. The van der Waals surface area contributed by atoms with Crippen LogP contribution in [-0.2, 0) is 35.0 Å². The third-order valence-electron chi connectivity index (χ3n) is 17.0. The predicted molar refractivity (Wildman–Crippen MR) is 309 cm³/mol. The molecule has 4 aromatic rings. The van der Waals surface area contributed by atoms with Crippen molar-refractivity contribution in [3.05, 3.63) is 171 Å². The number of benzene rings is 4. The van der Waals surface area contributed by atoms with Crippen LogP contribution >= 0.6 is 0 Å². The number of hydrogen-bond donors (Lipinski definition) is 5. The Bertz CT molecular complexity index is 3370. The Hall–Kier alpha value is -7.51. The summed E-state index contributed by atoms with van der Waals surface area (Å²) >= 11 is 0. The highest BCUT2D eigenvalue weighted by Gasteiger charge is 2.81. The van der Waals surface area contributed by atoms with Crippen LogP contribution in [0.15, 0.2) is 138 Å². The van der Waals surface area contributed by atoms with Gasteiger partial charge in [0.2, 0.25) is 6.29 Å². The second-order valence-electron chi connectivity index (χ2n) is 24.0. The fourth-order valence-corrected chi connectivity index (χ4v) is 12.6. The Morgan fingerprint density at radius 3 is 2.10 bits per heavy atom. The van der Waals surface area contributed by atoms with Crippen LogP contribution in [0.5, 0.6) is 23.0 Å². The molecule has 1 saturated carbocycles. The molecule has 7 aliphatic rings. The molecule has 11 rings (SSSR count). The first-order valence-electron chi connectivity index (χ1n) is 28.6. The molecule has 0 aromatic heterocycles. The van der Waals surface area contributed by atoms with Crippen molar-refractivity contribution >= 4 is 35.5 Å². The molecule has 4 aromatic carbocycles. The fourth-order valence-electron chi connectivity index (χ4n) is 12.6. The van der Waals surface area contributed by atoms with Gasteiger partial charge in [-0.25, -0.2) is 9.59 Å². The molecule has 1 spiro atoms. The van der Waals surface area contributed by atoms with Gasteiger partial charge in [0, 0.05) is 40.5 Å². The molecule has 4 aliphatic heterocycles. The second-order valence-corrected chi connectivity index (χ2v) is 24.0. The van der Waals surface area contributed by atoms with E-state index in [0.29, 0.717) is 36.1 Å². The average Bonchev–Trinajstić information content (AvgIpc) is 1.40. The van der Waals surface area contributed by atoms with Gasteiger partial charge in [-0.2, -0.15) is 0 Å². The van der Waals surface area contributed by atoms with Crippen molar-refractivity contribution in [2.75, 3.05) is 6.61 Å².